The van der Waals surface area contributed by atoms with Crippen molar-refractivity contribution < 1.29 is 80.2 Å². The molecule has 0 rings (SSSR count). The molecule has 0 heterocycles. The number of esters is 4. The molecule has 17 nitrogen and oxygen atoms in total. The first-order valence-corrected chi connectivity index (χ1v) is 44.8. The molecule has 0 amide bonds. The van der Waals surface area contributed by atoms with Crippen LogP contribution in [0, 0.1) is 23.7 Å². The van der Waals surface area contributed by atoms with Gasteiger partial charge in [-0.3, -0.25) is 37.3 Å². The predicted molar refractivity (Wildman–Crippen MR) is 409 cm³/mol. The molecule has 0 aliphatic carbocycles. The maximum atomic E-state index is 13.1. The molecule has 0 aromatic rings. The quantitative estimate of drug-likeness (QED) is 0.0222. The van der Waals surface area contributed by atoms with Crippen molar-refractivity contribution in [3.8, 4) is 0 Å². The number of carbonyl (C=O) groups is 4. The van der Waals surface area contributed by atoms with Gasteiger partial charge in [0.15, 0.2) is 12.2 Å². The number of unbranched alkanes of at least 4 members (excludes halogenated alkanes) is 42. The summed E-state index contributed by atoms with van der Waals surface area (Å²) in [7, 11) is -9.92. The summed E-state index contributed by atoms with van der Waals surface area (Å²) in [5, 5.41) is 10.6. The fraction of sp³-hybridized carbons (Fsp3) is 0.951. The molecular weight excluding hydrogens is 1310 g/mol. The van der Waals surface area contributed by atoms with E-state index in [4.69, 9.17) is 37.0 Å². The zero-order valence-electron chi connectivity index (χ0n) is 65.8. The second-order valence-corrected chi connectivity index (χ2v) is 33.5. The van der Waals surface area contributed by atoms with Gasteiger partial charge in [0.25, 0.3) is 0 Å². The second-order valence-electron chi connectivity index (χ2n) is 30.6. The molecule has 100 heavy (non-hydrogen) atoms. The minimum Gasteiger partial charge on any atom is -0.462 e. The smallest absolute Gasteiger partial charge is 0.462 e. The van der Waals surface area contributed by atoms with Gasteiger partial charge < -0.3 is 33.8 Å². The Labute approximate surface area is 613 Å². The van der Waals surface area contributed by atoms with Crippen molar-refractivity contribution in [2.45, 2.75) is 433 Å². The van der Waals surface area contributed by atoms with E-state index < -0.39 is 97.5 Å². The van der Waals surface area contributed by atoms with E-state index in [2.05, 4.69) is 55.4 Å². The van der Waals surface area contributed by atoms with Crippen molar-refractivity contribution in [2.75, 3.05) is 39.6 Å². The van der Waals surface area contributed by atoms with E-state index in [1.807, 2.05) is 0 Å². The summed E-state index contributed by atoms with van der Waals surface area (Å²) in [5.74, 6) is 1.04. The highest BCUT2D eigenvalue weighted by molar-refractivity contribution is 7.47. The van der Waals surface area contributed by atoms with Crippen LogP contribution in [0.2, 0.25) is 0 Å². The summed E-state index contributed by atoms with van der Waals surface area (Å²) in [6, 6.07) is 0. The molecule has 4 unspecified atom stereocenters. The molecule has 0 aromatic carbocycles. The lowest BCUT2D eigenvalue weighted by Gasteiger charge is -2.21. The SMILES string of the molecule is CCC(C)CCCCCCCCCCCCCCCCC(=O)O[C@H](COC(=O)CCCCCCCCC(C)CC)COP(=O)(O)OC[C@H](O)COP(=O)(O)OC[C@@H](COC(=O)CCCCCCCCCCCCCC(C)C)OC(=O)CCCCCCCCCCCCCCCCCC(C)C. The highest BCUT2D eigenvalue weighted by atomic mass is 31.2. The van der Waals surface area contributed by atoms with Crippen LogP contribution in [0.25, 0.3) is 0 Å². The van der Waals surface area contributed by atoms with E-state index in [9.17, 15) is 43.2 Å². The van der Waals surface area contributed by atoms with Gasteiger partial charge in [0.2, 0.25) is 0 Å². The fourth-order valence-corrected chi connectivity index (χ4v) is 13.9. The average Bonchev–Trinajstić information content (AvgIpc) is 0.958. The molecule has 0 aliphatic rings. The summed E-state index contributed by atoms with van der Waals surface area (Å²) >= 11 is 0. The zero-order chi connectivity index (χ0) is 73.8. The molecule has 0 aliphatic heterocycles. The van der Waals surface area contributed by atoms with E-state index in [1.165, 1.54) is 212 Å². The van der Waals surface area contributed by atoms with E-state index in [-0.39, 0.29) is 25.7 Å². The van der Waals surface area contributed by atoms with Crippen LogP contribution in [-0.2, 0) is 65.4 Å². The van der Waals surface area contributed by atoms with Gasteiger partial charge in [-0.1, -0.05) is 364 Å². The third-order valence-corrected chi connectivity index (χ3v) is 21.4. The van der Waals surface area contributed by atoms with Crippen LogP contribution in [-0.4, -0.2) is 96.7 Å². The van der Waals surface area contributed by atoms with Crippen molar-refractivity contribution in [3.63, 3.8) is 0 Å². The molecule has 0 saturated carbocycles. The summed E-state index contributed by atoms with van der Waals surface area (Å²) in [6.07, 6.45) is 56.8. The van der Waals surface area contributed by atoms with E-state index in [0.29, 0.717) is 25.7 Å². The lowest BCUT2D eigenvalue weighted by molar-refractivity contribution is -0.161. The number of rotatable bonds is 78. The number of phosphoric ester groups is 2. The molecule has 0 spiro atoms. The molecule has 0 radical (unpaired) electrons. The first-order valence-electron chi connectivity index (χ1n) is 41.8. The number of phosphoric acid groups is 2. The van der Waals surface area contributed by atoms with Crippen LogP contribution < -0.4 is 0 Å². The Bertz CT molecular complexity index is 1960. The third-order valence-electron chi connectivity index (χ3n) is 19.5. The molecular formula is C81H158O17P2. The highest BCUT2D eigenvalue weighted by Crippen LogP contribution is 2.45. The molecule has 7 atom stereocenters. The van der Waals surface area contributed by atoms with Gasteiger partial charge in [-0.2, -0.15) is 0 Å². The highest BCUT2D eigenvalue weighted by Gasteiger charge is 2.30. The Balaban J connectivity index is 5.24. The Kier molecular flexibility index (Phi) is 68.7. The monoisotopic (exact) mass is 1470 g/mol. The topological polar surface area (TPSA) is 237 Å². The number of aliphatic hydroxyl groups excluding tert-OH is 1. The number of hydrogen-bond acceptors (Lipinski definition) is 15. The van der Waals surface area contributed by atoms with Crippen molar-refractivity contribution in [3.05, 3.63) is 0 Å². The first-order chi connectivity index (χ1) is 48.2. The Morgan fingerprint density at radius 3 is 0.710 bits per heavy atom. The summed E-state index contributed by atoms with van der Waals surface area (Å²) in [4.78, 5) is 73.0. The van der Waals surface area contributed by atoms with E-state index in [0.717, 1.165) is 120 Å². The standard InChI is InChI=1S/C81H158O17P2/c1-9-73(7)59-51-43-35-29-23-17-14-15-19-25-32-38-48-56-64-81(86)98-77(68-92-79(84)62-54-46-40-39-44-52-60-74(8)10-2)70-96-100(89,90)94-66-75(82)65-93-99(87,88)95-69-76(67-91-78(83)61-53-45-36-30-26-20-22-28-34-42-50-58-72(5)6)97-80(85)63-55-47-37-31-24-18-13-11-12-16-21-27-33-41-49-57-71(3)4/h71-77,82H,9-70H2,1-8H3,(H,87,88)(H,89,90)/t73?,74?,75-,76-,77-/m1/s1. The summed E-state index contributed by atoms with van der Waals surface area (Å²) < 4.78 is 68.7. The number of aliphatic hydroxyl groups is 1. The van der Waals surface area contributed by atoms with Crippen LogP contribution in [0.15, 0.2) is 0 Å². The number of hydrogen-bond donors (Lipinski definition) is 3. The first kappa shape index (κ1) is 98.1. The maximum Gasteiger partial charge on any atom is 0.472 e. The van der Waals surface area contributed by atoms with E-state index >= 15 is 0 Å². The van der Waals surface area contributed by atoms with Gasteiger partial charge in [0, 0.05) is 25.7 Å². The minimum atomic E-state index is -4.96. The molecule has 3 N–H and O–H groups in total. The minimum absolute atomic E-state index is 0.106. The van der Waals surface area contributed by atoms with Gasteiger partial charge >= 0.3 is 39.5 Å². The van der Waals surface area contributed by atoms with Gasteiger partial charge in [0.05, 0.1) is 26.4 Å². The Morgan fingerprint density at radius 2 is 0.480 bits per heavy atom. The van der Waals surface area contributed by atoms with Gasteiger partial charge in [-0.15, -0.1) is 0 Å². The number of ether oxygens (including phenoxy) is 4. The number of carbonyl (C=O) groups excluding carboxylic acids is 4. The largest absolute Gasteiger partial charge is 0.472 e. The lowest BCUT2D eigenvalue weighted by Crippen LogP contribution is -2.30. The molecule has 0 fully saturated rings. The fourth-order valence-electron chi connectivity index (χ4n) is 12.4. The third kappa shape index (κ3) is 71.7. The maximum absolute atomic E-state index is 13.1. The van der Waals surface area contributed by atoms with Crippen LogP contribution >= 0.6 is 15.6 Å². The molecule has 594 valence electrons. The molecule has 19 heteroatoms. The van der Waals surface area contributed by atoms with Crippen LogP contribution in [0.3, 0.4) is 0 Å². The van der Waals surface area contributed by atoms with Gasteiger partial charge in [0.1, 0.15) is 19.3 Å². The second kappa shape index (κ2) is 70.1. The zero-order valence-corrected chi connectivity index (χ0v) is 67.6. The van der Waals surface area contributed by atoms with Crippen molar-refractivity contribution in [2.24, 2.45) is 23.7 Å². The Morgan fingerprint density at radius 1 is 0.280 bits per heavy atom. The van der Waals surface area contributed by atoms with Crippen LogP contribution in [0.5, 0.6) is 0 Å². The molecule has 0 saturated heterocycles. The normalized spacial score (nSPS) is 14.6. The molecule has 0 bridgehead atoms. The Hall–Kier alpha value is -1.94. The van der Waals surface area contributed by atoms with Crippen molar-refractivity contribution >= 4 is 39.5 Å². The van der Waals surface area contributed by atoms with E-state index in [1.54, 1.807) is 0 Å². The van der Waals surface area contributed by atoms with Crippen LogP contribution in [0.4, 0.5) is 0 Å². The van der Waals surface area contributed by atoms with Crippen molar-refractivity contribution in [1.82, 2.24) is 0 Å². The lowest BCUT2D eigenvalue weighted by atomic mass is 9.99. The van der Waals surface area contributed by atoms with Gasteiger partial charge in [-0.25, -0.2) is 9.13 Å². The summed E-state index contributed by atoms with van der Waals surface area (Å²) in [6.45, 7) is 14.3. The summed E-state index contributed by atoms with van der Waals surface area (Å²) in [5.41, 5.74) is 0. The van der Waals surface area contributed by atoms with Crippen molar-refractivity contribution in [1.29, 1.82) is 0 Å². The predicted octanol–water partition coefficient (Wildman–Crippen LogP) is 24.0. The molecule has 0 aromatic heterocycles. The average molecular weight is 1470 g/mol. The van der Waals surface area contributed by atoms with Crippen LogP contribution in [0.1, 0.15) is 415 Å². The van der Waals surface area contributed by atoms with Gasteiger partial charge in [-0.05, 0) is 49.4 Å².